The predicted octanol–water partition coefficient (Wildman–Crippen LogP) is -2.96. The van der Waals surface area contributed by atoms with Crippen LogP contribution in [0.4, 0.5) is 11.4 Å². The van der Waals surface area contributed by atoms with E-state index in [0.29, 0.717) is 10.8 Å². The third kappa shape index (κ3) is 5.98. The third-order valence-electron chi connectivity index (χ3n) is 4.42. The summed E-state index contributed by atoms with van der Waals surface area (Å²) in [6.07, 6.45) is 1.30. The SMILES string of the molecule is O=S(=O)([O-])c1ccc2cc(N=Nc3cc(S(=O)(=O)O)c4cccnc4c3[O-])ccc2c1.[Na+].[Na+]. The van der Waals surface area contributed by atoms with Crippen LogP contribution >= 0.6 is 0 Å². The summed E-state index contributed by atoms with van der Waals surface area (Å²) < 4.78 is 66.4. The Balaban J connectivity index is 0.00000193. The van der Waals surface area contributed by atoms with Crippen molar-refractivity contribution in [3.05, 3.63) is 60.8 Å². The van der Waals surface area contributed by atoms with Gasteiger partial charge in [0.25, 0.3) is 10.1 Å². The molecule has 1 aromatic heterocycles. The number of nitrogens with zero attached hydrogens (tertiary/aromatic N) is 3. The van der Waals surface area contributed by atoms with E-state index in [1.165, 1.54) is 48.7 Å². The van der Waals surface area contributed by atoms with Gasteiger partial charge in [0.2, 0.25) is 0 Å². The normalized spacial score (nSPS) is 11.9. The summed E-state index contributed by atoms with van der Waals surface area (Å²) in [6.45, 7) is 0. The fourth-order valence-corrected chi connectivity index (χ4v) is 4.21. The minimum atomic E-state index is -4.65. The van der Waals surface area contributed by atoms with Gasteiger partial charge in [0.15, 0.2) is 0 Å². The van der Waals surface area contributed by atoms with Crippen LogP contribution in [0.15, 0.2) is 80.8 Å². The van der Waals surface area contributed by atoms with Gasteiger partial charge in [-0.25, -0.2) is 8.42 Å². The summed E-state index contributed by atoms with van der Waals surface area (Å²) in [4.78, 5) is 2.99. The maximum absolute atomic E-state index is 12.6. The maximum atomic E-state index is 12.6. The van der Waals surface area contributed by atoms with Crippen molar-refractivity contribution in [3.63, 3.8) is 0 Å². The molecular formula is C19H11N3Na2O7S2. The van der Waals surface area contributed by atoms with Crippen molar-refractivity contribution < 1.29 is 90.2 Å². The van der Waals surface area contributed by atoms with Crippen LogP contribution in [0.3, 0.4) is 0 Å². The first-order valence-electron chi connectivity index (χ1n) is 8.52. The summed E-state index contributed by atoms with van der Waals surface area (Å²) in [7, 11) is -9.24. The molecule has 1 N–H and O–H groups in total. The average molecular weight is 503 g/mol. The van der Waals surface area contributed by atoms with Crippen molar-refractivity contribution >= 4 is 53.3 Å². The van der Waals surface area contributed by atoms with Gasteiger partial charge in [-0.05, 0) is 53.2 Å². The molecule has 0 unspecified atom stereocenters. The Bertz CT molecular complexity index is 1610. The van der Waals surface area contributed by atoms with Crippen LogP contribution in [-0.2, 0) is 20.2 Å². The maximum Gasteiger partial charge on any atom is 1.00 e. The number of azo groups is 1. The van der Waals surface area contributed by atoms with E-state index >= 15 is 0 Å². The number of pyridine rings is 1. The molecule has 0 bridgehead atoms. The van der Waals surface area contributed by atoms with Gasteiger partial charge in [-0.3, -0.25) is 9.54 Å². The van der Waals surface area contributed by atoms with Crippen LogP contribution < -0.4 is 64.2 Å². The third-order valence-corrected chi connectivity index (χ3v) is 6.15. The topological polar surface area (TPSA) is 172 Å². The molecule has 0 spiro atoms. The van der Waals surface area contributed by atoms with Crippen LogP contribution in [0.2, 0.25) is 0 Å². The molecule has 0 radical (unpaired) electrons. The van der Waals surface area contributed by atoms with E-state index in [1.807, 2.05) is 0 Å². The van der Waals surface area contributed by atoms with Gasteiger partial charge in [-0.1, -0.05) is 17.9 Å². The molecule has 0 aliphatic heterocycles. The Morgan fingerprint density at radius 1 is 0.879 bits per heavy atom. The second kappa shape index (κ2) is 10.4. The Labute approximate surface area is 232 Å². The predicted molar refractivity (Wildman–Crippen MR) is 107 cm³/mol. The molecule has 0 amide bonds. The van der Waals surface area contributed by atoms with Gasteiger partial charge in [-0.2, -0.15) is 18.6 Å². The molecule has 0 saturated carbocycles. The van der Waals surface area contributed by atoms with E-state index in [4.69, 9.17) is 0 Å². The minimum absolute atomic E-state index is 0. The Hall–Kier alpha value is -1.45. The smallest absolute Gasteiger partial charge is 0.869 e. The number of hydrogen-bond acceptors (Lipinski definition) is 9. The van der Waals surface area contributed by atoms with Crippen molar-refractivity contribution in [1.29, 1.82) is 0 Å². The van der Waals surface area contributed by atoms with Crippen LogP contribution in [0.1, 0.15) is 0 Å². The number of aromatic nitrogens is 1. The fourth-order valence-electron chi connectivity index (χ4n) is 3.00. The first kappa shape index (κ1) is 27.8. The molecule has 0 saturated heterocycles. The summed E-state index contributed by atoms with van der Waals surface area (Å²) in [5.41, 5.74) is -0.248. The zero-order valence-electron chi connectivity index (χ0n) is 17.3. The monoisotopic (exact) mass is 503 g/mol. The van der Waals surface area contributed by atoms with Gasteiger partial charge in [0, 0.05) is 11.6 Å². The number of hydrogen-bond donors (Lipinski definition) is 1. The molecule has 14 heteroatoms. The second-order valence-corrected chi connectivity index (χ2v) is 9.21. The van der Waals surface area contributed by atoms with Crippen molar-refractivity contribution in [3.8, 4) is 5.75 Å². The summed E-state index contributed by atoms with van der Waals surface area (Å²) in [5, 5.41) is 21.3. The van der Waals surface area contributed by atoms with Crippen LogP contribution in [0.25, 0.3) is 21.7 Å². The van der Waals surface area contributed by atoms with E-state index in [-0.39, 0.29) is 86.3 Å². The summed E-state index contributed by atoms with van der Waals surface area (Å²) in [5.74, 6) is -0.669. The average Bonchev–Trinajstić information content (AvgIpc) is 2.71. The molecule has 0 atom stereocenters. The first-order chi connectivity index (χ1) is 14.5. The van der Waals surface area contributed by atoms with Crippen molar-refractivity contribution in [2.24, 2.45) is 10.2 Å². The van der Waals surface area contributed by atoms with Gasteiger partial charge in [-0.15, -0.1) is 0 Å². The molecule has 0 aliphatic carbocycles. The molecule has 33 heavy (non-hydrogen) atoms. The van der Waals surface area contributed by atoms with Crippen LogP contribution in [0.5, 0.6) is 5.75 Å². The Kier molecular flexibility index (Phi) is 8.79. The molecule has 3 aromatic carbocycles. The molecule has 0 fully saturated rings. The largest absolute Gasteiger partial charge is 1.00 e. The fraction of sp³-hybridized carbons (Fsp3) is 0. The molecule has 4 rings (SSSR count). The zero-order valence-corrected chi connectivity index (χ0v) is 23.0. The molecule has 0 aliphatic rings. The number of benzene rings is 3. The quantitative estimate of drug-likeness (QED) is 0.175. The van der Waals surface area contributed by atoms with E-state index in [2.05, 4.69) is 15.2 Å². The molecule has 4 aromatic rings. The first-order valence-corrected chi connectivity index (χ1v) is 11.4. The van der Waals surface area contributed by atoms with Gasteiger partial charge < -0.3 is 9.66 Å². The van der Waals surface area contributed by atoms with Crippen molar-refractivity contribution in [1.82, 2.24) is 4.98 Å². The molecule has 158 valence electrons. The molecule has 10 nitrogen and oxygen atoms in total. The van der Waals surface area contributed by atoms with Gasteiger partial charge in [0.1, 0.15) is 15.0 Å². The van der Waals surface area contributed by atoms with E-state index in [9.17, 15) is 31.0 Å². The van der Waals surface area contributed by atoms with Crippen LogP contribution in [-0.4, -0.2) is 30.9 Å². The van der Waals surface area contributed by atoms with Gasteiger partial charge >= 0.3 is 59.1 Å². The number of fused-ring (bicyclic) bond motifs is 2. The summed E-state index contributed by atoms with van der Waals surface area (Å²) in [6, 6.07) is 12.0. The minimum Gasteiger partial charge on any atom is -0.869 e. The second-order valence-electron chi connectivity index (χ2n) is 6.44. The van der Waals surface area contributed by atoms with E-state index in [0.717, 1.165) is 12.1 Å². The van der Waals surface area contributed by atoms with Crippen LogP contribution in [0, 0.1) is 0 Å². The molecular weight excluding hydrogens is 492 g/mol. The Morgan fingerprint density at radius 3 is 2.21 bits per heavy atom. The molecule has 1 heterocycles. The van der Waals surface area contributed by atoms with E-state index < -0.39 is 30.9 Å². The summed E-state index contributed by atoms with van der Waals surface area (Å²) >= 11 is 0. The standard InChI is InChI=1S/C19H13N3O7S2.2Na/c23-19-16(10-17(31(27,28)29)15-2-1-7-20-18(15)19)22-21-13-5-3-12-9-14(30(24,25)26)6-4-11(12)8-13;;/h1-10,23H,(H,24,25,26)(H,27,28,29);;/q;2*+1/p-2. The zero-order chi connectivity index (χ0) is 22.4. The Morgan fingerprint density at radius 2 is 1.55 bits per heavy atom. The number of rotatable bonds is 4. The van der Waals surface area contributed by atoms with E-state index in [1.54, 1.807) is 0 Å². The van der Waals surface area contributed by atoms with Gasteiger partial charge in [0.05, 0.1) is 21.8 Å². The van der Waals surface area contributed by atoms with Crippen molar-refractivity contribution in [2.75, 3.05) is 0 Å². The van der Waals surface area contributed by atoms with Crippen molar-refractivity contribution in [2.45, 2.75) is 9.79 Å².